The van der Waals surface area contributed by atoms with E-state index < -0.39 is 5.97 Å². The van der Waals surface area contributed by atoms with Crippen LogP contribution >= 0.6 is 11.6 Å². The number of hydrogen-bond donors (Lipinski definition) is 3. The van der Waals surface area contributed by atoms with Crippen LogP contribution in [0.4, 0.5) is 5.69 Å². The lowest BCUT2D eigenvalue weighted by atomic mass is 9.77. The Hall–Kier alpha value is -2.86. The maximum atomic E-state index is 12.2. The molecule has 1 aliphatic carbocycles. The van der Waals surface area contributed by atoms with Gasteiger partial charge in [0, 0.05) is 35.7 Å². The maximum Gasteiger partial charge on any atom is 0.303 e. The zero-order valence-corrected chi connectivity index (χ0v) is 18.0. The number of anilines is 1. The highest BCUT2D eigenvalue weighted by Gasteiger charge is 2.23. The number of carboxylic acid groups (broad SMARTS) is 1. The largest absolute Gasteiger partial charge is 0.481 e. The molecule has 0 atom stereocenters. The van der Waals surface area contributed by atoms with Gasteiger partial charge in [-0.05, 0) is 79.5 Å². The average molecular weight is 443 g/mol. The smallest absolute Gasteiger partial charge is 0.303 e. The standard InChI is InChI=1S/C24H27ClN2O4/c25-20-9-5-19(6-10-20)24(31)26-14-13-22(28)27-21-11-7-18(8-12-21)17-3-1-16(2-4-17)15-23(29)30/h5-12,16-17H,1-4,13-15H2,(H,26,31)(H,27,28)(H,29,30). The van der Waals surface area contributed by atoms with Gasteiger partial charge in [-0.1, -0.05) is 23.7 Å². The molecule has 2 aromatic carbocycles. The van der Waals surface area contributed by atoms with E-state index in [1.165, 1.54) is 5.56 Å². The molecule has 0 radical (unpaired) electrons. The van der Waals surface area contributed by atoms with Gasteiger partial charge < -0.3 is 15.7 Å². The lowest BCUT2D eigenvalue weighted by molar-refractivity contribution is -0.138. The second kappa shape index (κ2) is 11.0. The van der Waals surface area contributed by atoms with E-state index in [4.69, 9.17) is 16.7 Å². The van der Waals surface area contributed by atoms with Gasteiger partial charge in [0.05, 0.1) is 0 Å². The molecule has 2 amide bonds. The highest BCUT2D eigenvalue weighted by Crippen LogP contribution is 2.37. The predicted octanol–water partition coefficient (Wildman–Crippen LogP) is 4.85. The fraction of sp³-hybridized carbons (Fsp3) is 0.375. The van der Waals surface area contributed by atoms with Crippen LogP contribution in [0.1, 0.15) is 60.4 Å². The summed E-state index contributed by atoms with van der Waals surface area (Å²) in [5.41, 5.74) is 2.44. The first kappa shape index (κ1) is 22.8. The van der Waals surface area contributed by atoms with Crippen molar-refractivity contribution in [1.29, 1.82) is 0 Å². The highest BCUT2D eigenvalue weighted by atomic mass is 35.5. The Balaban J connectivity index is 1.40. The lowest BCUT2D eigenvalue weighted by Crippen LogP contribution is -2.27. The molecule has 1 aliphatic rings. The Bertz CT molecular complexity index is 904. The molecular weight excluding hydrogens is 416 g/mol. The van der Waals surface area contributed by atoms with Crippen LogP contribution in [0.3, 0.4) is 0 Å². The third-order valence-corrected chi connectivity index (χ3v) is 5.97. The van der Waals surface area contributed by atoms with Crippen LogP contribution in [0.25, 0.3) is 0 Å². The van der Waals surface area contributed by atoms with E-state index >= 15 is 0 Å². The van der Waals surface area contributed by atoms with E-state index in [0.717, 1.165) is 31.4 Å². The van der Waals surface area contributed by atoms with Gasteiger partial charge in [-0.2, -0.15) is 0 Å². The molecule has 3 N–H and O–H groups in total. The molecule has 0 aliphatic heterocycles. The summed E-state index contributed by atoms with van der Waals surface area (Å²) in [6.45, 7) is 0.241. The van der Waals surface area contributed by atoms with Crippen LogP contribution in [0.2, 0.25) is 5.02 Å². The Morgan fingerprint density at radius 2 is 1.58 bits per heavy atom. The molecule has 31 heavy (non-hydrogen) atoms. The van der Waals surface area contributed by atoms with Gasteiger partial charge in [-0.25, -0.2) is 0 Å². The van der Waals surface area contributed by atoms with Crippen molar-refractivity contribution in [2.45, 2.75) is 44.4 Å². The number of benzene rings is 2. The normalized spacial score (nSPS) is 18.2. The van der Waals surface area contributed by atoms with Crippen molar-refractivity contribution in [3.8, 4) is 0 Å². The number of halogens is 1. The summed E-state index contributed by atoms with van der Waals surface area (Å²) in [5, 5.41) is 15.1. The van der Waals surface area contributed by atoms with Crippen molar-refractivity contribution >= 4 is 35.1 Å². The molecule has 0 bridgehead atoms. The van der Waals surface area contributed by atoms with Crippen LogP contribution < -0.4 is 10.6 Å². The third kappa shape index (κ3) is 7.10. The van der Waals surface area contributed by atoms with Gasteiger partial charge in [0.2, 0.25) is 5.91 Å². The summed E-state index contributed by atoms with van der Waals surface area (Å²) < 4.78 is 0. The summed E-state index contributed by atoms with van der Waals surface area (Å²) in [6.07, 6.45) is 4.31. The topological polar surface area (TPSA) is 95.5 Å². The quantitative estimate of drug-likeness (QED) is 0.544. The molecule has 0 aromatic heterocycles. The van der Waals surface area contributed by atoms with E-state index in [0.29, 0.717) is 16.5 Å². The molecule has 2 aromatic rings. The Kier molecular flexibility index (Phi) is 8.06. The van der Waals surface area contributed by atoms with Gasteiger partial charge >= 0.3 is 5.97 Å². The summed E-state index contributed by atoms with van der Waals surface area (Å²) in [7, 11) is 0. The molecule has 3 rings (SSSR count). The predicted molar refractivity (Wildman–Crippen MR) is 120 cm³/mol. The molecule has 1 fully saturated rings. The minimum Gasteiger partial charge on any atom is -0.481 e. The first-order chi connectivity index (χ1) is 14.9. The van der Waals surface area contributed by atoms with Gasteiger partial charge in [-0.15, -0.1) is 0 Å². The van der Waals surface area contributed by atoms with Crippen molar-refractivity contribution in [2.75, 3.05) is 11.9 Å². The van der Waals surface area contributed by atoms with Crippen molar-refractivity contribution in [3.05, 3.63) is 64.7 Å². The molecule has 164 valence electrons. The molecule has 0 spiro atoms. The van der Waals surface area contributed by atoms with Gasteiger partial charge in [0.25, 0.3) is 5.91 Å². The van der Waals surface area contributed by atoms with Crippen molar-refractivity contribution in [2.24, 2.45) is 5.92 Å². The molecule has 0 saturated heterocycles. The first-order valence-corrected chi connectivity index (χ1v) is 10.9. The number of rotatable bonds is 8. The Morgan fingerprint density at radius 3 is 2.19 bits per heavy atom. The Labute approximate surface area is 187 Å². The van der Waals surface area contributed by atoms with Crippen LogP contribution in [0, 0.1) is 5.92 Å². The van der Waals surface area contributed by atoms with E-state index in [2.05, 4.69) is 10.6 Å². The third-order valence-electron chi connectivity index (χ3n) is 5.72. The van der Waals surface area contributed by atoms with Crippen LogP contribution in [0.15, 0.2) is 48.5 Å². The number of aliphatic carboxylic acids is 1. The molecule has 1 saturated carbocycles. The molecule has 6 nitrogen and oxygen atoms in total. The van der Waals surface area contributed by atoms with E-state index in [-0.39, 0.29) is 37.1 Å². The van der Waals surface area contributed by atoms with E-state index in [1.807, 2.05) is 24.3 Å². The van der Waals surface area contributed by atoms with Crippen LogP contribution in [-0.4, -0.2) is 29.4 Å². The Morgan fingerprint density at radius 1 is 0.935 bits per heavy atom. The summed E-state index contributed by atoms with van der Waals surface area (Å²) in [5.74, 6) is -0.399. The minimum atomic E-state index is -0.715. The monoisotopic (exact) mass is 442 g/mol. The minimum absolute atomic E-state index is 0.168. The molecule has 0 heterocycles. The second-order valence-electron chi connectivity index (χ2n) is 8.00. The summed E-state index contributed by atoms with van der Waals surface area (Å²) >= 11 is 5.81. The first-order valence-electron chi connectivity index (χ1n) is 10.6. The highest BCUT2D eigenvalue weighted by molar-refractivity contribution is 6.30. The average Bonchev–Trinajstić information content (AvgIpc) is 2.75. The maximum absolute atomic E-state index is 12.2. The second-order valence-corrected chi connectivity index (χ2v) is 8.43. The molecular formula is C24H27ClN2O4. The lowest BCUT2D eigenvalue weighted by Gasteiger charge is -2.28. The number of carboxylic acids is 1. The van der Waals surface area contributed by atoms with Crippen LogP contribution in [-0.2, 0) is 9.59 Å². The fourth-order valence-corrected chi connectivity index (χ4v) is 4.13. The van der Waals surface area contributed by atoms with E-state index in [9.17, 15) is 14.4 Å². The van der Waals surface area contributed by atoms with Crippen molar-refractivity contribution in [1.82, 2.24) is 5.32 Å². The summed E-state index contributed by atoms with van der Waals surface area (Å²) in [6, 6.07) is 14.4. The van der Waals surface area contributed by atoms with Crippen molar-refractivity contribution < 1.29 is 19.5 Å². The number of carbonyl (C=O) groups excluding carboxylic acids is 2. The number of nitrogens with one attached hydrogen (secondary N) is 2. The van der Waals surface area contributed by atoms with Crippen molar-refractivity contribution in [3.63, 3.8) is 0 Å². The van der Waals surface area contributed by atoms with Gasteiger partial charge in [0.15, 0.2) is 0 Å². The SMILES string of the molecule is O=C(O)CC1CCC(c2ccc(NC(=O)CCNC(=O)c3ccc(Cl)cc3)cc2)CC1. The van der Waals surface area contributed by atoms with Gasteiger partial charge in [0.1, 0.15) is 0 Å². The number of amides is 2. The van der Waals surface area contributed by atoms with E-state index in [1.54, 1.807) is 24.3 Å². The number of hydrogen-bond acceptors (Lipinski definition) is 3. The number of carbonyl (C=O) groups is 3. The fourth-order valence-electron chi connectivity index (χ4n) is 4.00. The van der Waals surface area contributed by atoms with Crippen LogP contribution in [0.5, 0.6) is 0 Å². The zero-order chi connectivity index (χ0) is 22.2. The van der Waals surface area contributed by atoms with Gasteiger partial charge in [-0.3, -0.25) is 14.4 Å². The molecule has 7 heteroatoms. The molecule has 0 unspecified atom stereocenters. The summed E-state index contributed by atoms with van der Waals surface area (Å²) in [4.78, 5) is 35.1. The zero-order valence-electron chi connectivity index (χ0n) is 17.3.